The van der Waals surface area contributed by atoms with Crippen molar-refractivity contribution in [1.82, 2.24) is 9.80 Å². The van der Waals surface area contributed by atoms with Crippen molar-refractivity contribution >= 4 is 0 Å². The number of hydrogen-bond donors (Lipinski definition) is 0. The first-order valence-electron chi connectivity index (χ1n) is 16.2. The molecule has 0 bridgehead atoms. The molecule has 0 saturated carbocycles. The Bertz CT molecular complexity index is 1380. The number of likely N-dealkylation sites (tertiary alicyclic amines) is 2. The average molecular weight is 591 g/mol. The van der Waals surface area contributed by atoms with Crippen LogP contribution in [0.5, 0.6) is 23.0 Å². The summed E-state index contributed by atoms with van der Waals surface area (Å²) in [5.41, 5.74) is 5.12. The van der Waals surface area contributed by atoms with E-state index in [4.69, 9.17) is 18.9 Å². The molecule has 0 spiro atoms. The summed E-state index contributed by atoms with van der Waals surface area (Å²) in [6.45, 7) is 8.20. The van der Waals surface area contributed by atoms with Crippen molar-refractivity contribution in [3.05, 3.63) is 119 Å². The summed E-state index contributed by atoms with van der Waals surface area (Å²) in [6, 6.07) is 33.3. The van der Waals surface area contributed by atoms with E-state index in [0.717, 1.165) is 36.1 Å². The lowest BCUT2D eigenvalue weighted by molar-refractivity contribution is 0.0913. The van der Waals surface area contributed by atoms with E-state index < -0.39 is 0 Å². The van der Waals surface area contributed by atoms with E-state index in [0.29, 0.717) is 13.2 Å². The second-order valence-corrected chi connectivity index (χ2v) is 12.2. The molecule has 0 amide bonds. The maximum atomic E-state index is 6.06. The minimum absolute atomic E-state index is 0.0178. The molecule has 0 unspecified atom stereocenters. The predicted octanol–water partition coefficient (Wildman–Crippen LogP) is 7.59. The Kier molecular flexibility index (Phi) is 8.98. The van der Waals surface area contributed by atoms with Gasteiger partial charge in [-0.2, -0.15) is 0 Å². The molecule has 2 atom stereocenters. The van der Waals surface area contributed by atoms with Crippen LogP contribution in [-0.2, 0) is 13.1 Å². The Morgan fingerprint density at radius 1 is 0.455 bits per heavy atom. The predicted molar refractivity (Wildman–Crippen MR) is 173 cm³/mol. The van der Waals surface area contributed by atoms with Crippen LogP contribution in [0.4, 0.5) is 0 Å². The number of fused-ring (bicyclic) bond motifs is 2. The van der Waals surface area contributed by atoms with Crippen molar-refractivity contribution in [2.45, 2.75) is 51.0 Å². The zero-order valence-electron chi connectivity index (χ0n) is 25.4. The topological polar surface area (TPSA) is 43.4 Å². The number of nitrogens with zero attached hydrogens (tertiary/aromatic N) is 2. The fourth-order valence-electron chi connectivity index (χ4n) is 6.44. The van der Waals surface area contributed by atoms with E-state index in [1.807, 2.05) is 48.5 Å². The lowest BCUT2D eigenvalue weighted by atomic mass is 10.1. The van der Waals surface area contributed by atoms with Crippen molar-refractivity contribution in [3.8, 4) is 23.0 Å². The van der Waals surface area contributed by atoms with E-state index in [1.165, 1.54) is 74.1 Å². The van der Waals surface area contributed by atoms with Crippen LogP contribution in [-0.4, -0.2) is 49.2 Å². The molecule has 2 fully saturated rings. The number of rotatable bonds is 6. The lowest BCUT2D eigenvalue weighted by Crippen LogP contribution is -2.21. The lowest BCUT2D eigenvalue weighted by Gasteiger charge is -2.26. The molecule has 4 heterocycles. The Hall–Kier alpha value is -4.00. The van der Waals surface area contributed by atoms with E-state index in [9.17, 15) is 0 Å². The summed E-state index contributed by atoms with van der Waals surface area (Å²) in [7, 11) is 0. The Labute approximate surface area is 261 Å². The summed E-state index contributed by atoms with van der Waals surface area (Å²) in [5, 5.41) is 0. The molecule has 44 heavy (non-hydrogen) atoms. The molecule has 228 valence electrons. The highest BCUT2D eigenvalue weighted by Gasteiger charge is 2.23. The van der Waals surface area contributed by atoms with E-state index >= 15 is 0 Å². The molecule has 0 aromatic heterocycles. The van der Waals surface area contributed by atoms with Crippen LogP contribution in [0.3, 0.4) is 0 Å². The summed E-state index contributed by atoms with van der Waals surface area (Å²) >= 11 is 0. The van der Waals surface area contributed by atoms with Gasteiger partial charge in [-0.15, -0.1) is 0 Å². The van der Waals surface area contributed by atoms with E-state index in [2.05, 4.69) is 58.3 Å². The third-order valence-corrected chi connectivity index (χ3v) is 8.93. The Morgan fingerprint density at radius 2 is 0.818 bits per heavy atom. The second-order valence-electron chi connectivity index (χ2n) is 12.2. The zero-order valence-corrected chi connectivity index (χ0v) is 25.4. The van der Waals surface area contributed by atoms with Gasteiger partial charge >= 0.3 is 0 Å². The average Bonchev–Trinajstić information content (AvgIpc) is 3.80. The van der Waals surface area contributed by atoms with Gasteiger partial charge < -0.3 is 18.9 Å². The van der Waals surface area contributed by atoms with Crippen LogP contribution < -0.4 is 18.9 Å². The quantitative estimate of drug-likeness (QED) is 0.231. The van der Waals surface area contributed by atoms with Crippen LogP contribution in [0, 0.1) is 0 Å². The van der Waals surface area contributed by atoms with E-state index in [1.54, 1.807) is 0 Å². The SMILES string of the molecule is c1ccc2c(c1)OC[C@@H](c1ccc(CN3CCCC3)cc1)O2.c1ccc2c(c1)OC[C@H](c1ccc(CN3CCCC3)cc1)O2. The van der Waals surface area contributed by atoms with Gasteiger partial charge in [-0.3, -0.25) is 9.80 Å². The van der Waals surface area contributed by atoms with Gasteiger partial charge in [-0.05, 0) is 98.4 Å². The summed E-state index contributed by atoms with van der Waals surface area (Å²) in [4.78, 5) is 5.04. The van der Waals surface area contributed by atoms with Gasteiger partial charge in [0.15, 0.2) is 35.2 Å². The molecule has 0 radical (unpaired) electrons. The van der Waals surface area contributed by atoms with Gasteiger partial charge in [-0.25, -0.2) is 0 Å². The third kappa shape index (κ3) is 7.03. The van der Waals surface area contributed by atoms with Gasteiger partial charge in [-0.1, -0.05) is 72.8 Å². The molecule has 0 N–H and O–H groups in total. The molecule has 6 heteroatoms. The monoisotopic (exact) mass is 590 g/mol. The highest BCUT2D eigenvalue weighted by Crippen LogP contribution is 2.37. The molecule has 4 aromatic carbocycles. The molecular weight excluding hydrogens is 548 g/mol. The fourth-order valence-corrected chi connectivity index (χ4v) is 6.44. The summed E-state index contributed by atoms with van der Waals surface area (Å²) in [5.74, 6) is 3.34. The number of para-hydroxylation sites is 4. The minimum Gasteiger partial charge on any atom is -0.485 e. The standard InChI is InChI=1S/2C19H21NO2/c2*1-2-6-18-17(5-1)21-14-19(22-18)16-9-7-15(8-10-16)13-20-11-3-4-12-20/h2*1-2,5-10,19H,3-4,11-14H2/t2*19-/m10/s1. The van der Waals surface area contributed by atoms with Crippen molar-refractivity contribution < 1.29 is 18.9 Å². The molecule has 6 nitrogen and oxygen atoms in total. The van der Waals surface area contributed by atoms with Crippen LogP contribution in [0.15, 0.2) is 97.1 Å². The molecule has 4 aliphatic heterocycles. The molecule has 0 aliphatic carbocycles. The van der Waals surface area contributed by atoms with Crippen molar-refractivity contribution in [2.75, 3.05) is 39.4 Å². The molecular formula is C38H42N2O4. The van der Waals surface area contributed by atoms with Crippen LogP contribution >= 0.6 is 0 Å². The number of benzene rings is 4. The number of ether oxygens (including phenoxy) is 4. The maximum Gasteiger partial charge on any atom is 0.162 e. The van der Waals surface area contributed by atoms with Crippen molar-refractivity contribution in [1.29, 1.82) is 0 Å². The summed E-state index contributed by atoms with van der Waals surface area (Å²) in [6.07, 6.45) is 5.32. The first-order valence-corrected chi connectivity index (χ1v) is 16.2. The highest BCUT2D eigenvalue weighted by atomic mass is 16.6. The first kappa shape index (κ1) is 28.8. The smallest absolute Gasteiger partial charge is 0.162 e. The fraction of sp³-hybridized carbons (Fsp3) is 0.368. The van der Waals surface area contributed by atoms with Crippen LogP contribution in [0.2, 0.25) is 0 Å². The molecule has 4 aliphatic rings. The normalized spacial score (nSPS) is 21.0. The van der Waals surface area contributed by atoms with Gasteiger partial charge in [0, 0.05) is 13.1 Å². The van der Waals surface area contributed by atoms with Gasteiger partial charge in [0.25, 0.3) is 0 Å². The second kappa shape index (κ2) is 13.7. The van der Waals surface area contributed by atoms with E-state index in [-0.39, 0.29) is 12.2 Å². The Morgan fingerprint density at radius 3 is 1.20 bits per heavy atom. The van der Waals surface area contributed by atoms with Gasteiger partial charge in [0.2, 0.25) is 0 Å². The third-order valence-electron chi connectivity index (χ3n) is 8.93. The first-order chi connectivity index (χ1) is 21.8. The molecule has 4 aromatic rings. The molecule has 2 saturated heterocycles. The minimum atomic E-state index is -0.0178. The molecule has 8 rings (SSSR count). The van der Waals surface area contributed by atoms with Crippen LogP contribution in [0.1, 0.15) is 60.1 Å². The highest BCUT2D eigenvalue weighted by molar-refractivity contribution is 5.42. The van der Waals surface area contributed by atoms with Crippen LogP contribution in [0.25, 0.3) is 0 Å². The largest absolute Gasteiger partial charge is 0.485 e. The van der Waals surface area contributed by atoms with Gasteiger partial charge in [0.05, 0.1) is 0 Å². The Balaban J connectivity index is 0.000000142. The van der Waals surface area contributed by atoms with Crippen molar-refractivity contribution in [2.24, 2.45) is 0 Å². The van der Waals surface area contributed by atoms with Crippen molar-refractivity contribution in [3.63, 3.8) is 0 Å². The number of hydrogen-bond acceptors (Lipinski definition) is 6. The van der Waals surface area contributed by atoms with Gasteiger partial charge in [0.1, 0.15) is 13.2 Å². The summed E-state index contributed by atoms with van der Waals surface area (Å²) < 4.78 is 23.7. The maximum absolute atomic E-state index is 6.06. The zero-order chi connectivity index (χ0) is 29.6.